The number of nitrogens with zero attached hydrogens (tertiary/aromatic N) is 1. The minimum absolute atomic E-state index is 0.0544. The van der Waals surface area contributed by atoms with Crippen LogP contribution in [0.4, 0.5) is 5.69 Å². The van der Waals surface area contributed by atoms with Crippen molar-refractivity contribution in [2.45, 2.75) is 26.4 Å². The SMILES string of the molecule is CC(C)N(Cc1ccccc1)C(=O)CNc1ccccc1Cl. The van der Waals surface area contributed by atoms with E-state index in [1.807, 2.05) is 67.3 Å². The summed E-state index contributed by atoms with van der Waals surface area (Å²) in [5, 5.41) is 3.73. The van der Waals surface area contributed by atoms with Crippen molar-refractivity contribution in [1.29, 1.82) is 0 Å². The number of hydrogen-bond donors (Lipinski definition) is 1. The van der Waals surface area contributed by atoms with Crippen molar-refractivity contribution in [3.05, 3.63) is 65.2 Å². The first-order chi connectivity index (χ1) is 10.6. The van der Waals surface area contributed by atoms with Crippen molar-refractivity contribution in [3.63, 3.8) is 0 Å². The zero-order valence-electron chi connectivity index (χ0n) is 12.9. The molecular weight excluding hydrogens is 296 g/mol. The Morgan fingerprint density at radius 3 is 2.36 bits per heavy atom. The van der Waals surface area contributed by atoms with Crippen LogP contribution in [0.5, 0.6) is 0 Å². The van der Waals surface area contributed by atoms with E-state index in [-0.39, 0.29) is 18.5 Å². The molecule has 0 saturated carbocycles. The molecule has 0 spiro atoms. The molecule has 0 aliphatic heterocycles. The lowest BCUT2D eigenvalue weighted by atomic mass is 10.2. The summed E-state index contributed by atoms with van der Waals surface area (Å²) in [4.78, 5) is 14.4. The number of para-hydroxylation sites is 1. The molecule has 2 aromatic carbocycles. The van der Waals surface area contributed by atoms with Gasteiger partial charge in [-0.05, 0) is 31.5 Å². The van der Waals surface area contributed by atoms with Crippen LogP contribution in [0.25, 0.3) is 0 Å². The lowest BCUT2D eigenvalue weighted by Gasteiger charge is -2.27. The maximum absolute atomic E-state index is 12.5. The molecule has 2 aromatic rings. The molecule has 0 heterocycles. The highest BCUT2D eigenvalue weighted by molar-refractivity contribution is 6.33. The third-order valence-corrected chi connectivity index (χ3v) is 3.77. The van der Waals surface area contributed by atoms with Gasteiger partial charge in [-0.2, -0.15) is 0 Å². The molecule has 0 aliphatic rings. The fourth-order valence-corrected chi connectivity index (χ4v) is 2.42. The average molecular weight is 317 g/mol. The molecule has 0 saturated heterocycles. The molecule has 0 bridgehead atoms. The van der Waals surface area contributed by atoms with Gasteiger partial charge in [0.05, 0.1) is 17.3 Å². The first-order valence-electron chi connectivity index (χ1n) is 7.39. The second kappa shape index (κ2) is 7.85. The molecule has 0 aromatic heterocycles. The summed E-state index contributed by atoms with van der Waals surface area (Å²) in [6.07, 6.45) is 0. The summed E-state index contributed by atoms with van der Waals surface area (Å²) < 4.78 is 0. The third-order valence-electron chi connectivity index (χ3n) is 3.44. The van der Waals surface area contributed by atoms with E-state index in [2.05, 4.69) is 5.32 Å². The van der Waals surface area contributed by atoms with Crippen LogP contribution in [-0.2, 0) is 11.3 Å². The highest BCUT2D eigenvalue weighted by atomic mass is 35.5. The molecule has 116 valence electrons. The molecule has 0 atom stereocenters. The molecule has 4 heteroatoms. The maximum atomic E-state index is 12.5. The van der Waals surface area contributed by atoms with Crippen LogP contribution in [0.15, 0.2) is 54.6 Å². The summed E-state index contributed by atoms with van der Waals surface area (Å²) in [7, 11) is 0. The van der Waals surface area contributed by atoms with Gasteiger partial charge in [0.1, 0.15) is 0 Å². The van der Waals surface area contributed by atoms with Crippen molar-refractivity contribution in [1.82, 2.24) is 4.90 Å². The Labute approximate surface area is 136 Å². The van der Waals surface area contributed by atoms with Gasteiger partial charge in [0.25, 0.3) is 0 Å². The quantitative estimate of drug-likeness (QED) is 0.866. The molecule has 0 fully saturated rings. The first-order valence-corrected chi connectivity index (χ1v) is 7.77. The predicted octanol–water partition coefficient (Wildman–Crippen LogP) is 4.19. The van der Waals surface area contributed by atoms with E-state index in [1.165, 1.54) is 0 Å². The van der Waals surface area contributed by atoms with E-state index in [9.17, 15) is 4.79 Å². The van der Waals surface area contributed by atoms with Gasteiger partial charge in [-0.15, -0.1) is 0 Å². The average Bonchev–Trinajstić information content (AvgIpc) is 2.52. The van der Waals surface area contributed by atoms with Crippen LogP contribution in [0.3, 0.4) is 0 Å². The lowest BCUT2D eigenvalue weighted by molar-refractivity contribution is -0.131. The van der Waals surface area contributed by atoms with Gasteiger partial charge >= 0.3 is 0 Å². The first kappa shape index (κ1) is 16.4. The van der Waals surface area contributed by atoms with E-state index in [0.717, 1.165) is 11.3 Å². The zero-order chi connectivity index (χ0) is 15.9. The molecule has 0 unspecified atom stereocenters. The van der Waals surface area contributed by atoms with Gasteiger partial charge in [0, 0.05) is 12.6 Å². The fraction of sp³-hybridized carbons (Fsp3) is 0.278. The van der Waals surface area contributed by atoms with Gasteiger partial charge < -0.3 is 10.2 Å². The van der Waals surface area contributed by atoms with Crippen LogP contribution in [0.2, 0.25) is 5.02 Å². The second-order valence-corrected chi connectivity index (χ2v) is 5.84. The monoisotopic (exact) mass is 316 g/mol. The molecule has 1 N–H and O–H groups in total. The third kappa shape index (κ3) is 4.50. The Hall–Kier alpha value is -2.00. The van der Waals surface area contributed by atoms with Crippen LogP contribution in [0, 0.1) is 0 Å². The van der Waals surface area contributed by atoms with Crippen molar-refractivity contribution >= 4 is 23.2 Å². The lowest BCUT2D eigenvalue weighted by Crippen LogP contribution is -2.39. The highest BCUT2D eigenvalue weighted by Crippen LogP contribution is 2.20. The minimum atomic E-state index is 0.0544. The predicted molar refractivity (Wildman–Crippen MR) is 92.1 cm³/mol. The van der Waals surface area contributed by atoms with Gasteiger partial charge in [-0.3, -0.25) is 4.79 Å². The molecule has 0 aliphatic carbocycles. The van der Waals surface area contributed by atoms with Gasteiger partial charge in [-0.25, -0.2) is 0 Å². The van der Waals surface area contributed by atoms with Crippen LogP contribution in [0.1, 0.15) is 19.4 Å². The number of carbonyl (C=O) groups excluding carboxylic acids is 1. The summed E-state index contributed by atoms with van der Waals surface area (Å²) in [6.45, 7) is 4.89. The Kier molecular flexibility index (Phi) is 5.84. The summed E-state index contributed by atoms with van der Waals surface area (Å²) >= 11 is 6.09. The van der Waals surface area contributed by atoms with Crippen LogP contribution in [-0.4, -0.2) is 23.4 Å². The zero-order valence-corrected chi connectivity index (χ0v) is 13.7. The van der Waals surface area contributed by atoms with Crippen LogP contribution >= 0.6 is 11.6 Å². The highest BCUT2D eigenvalue weighted by Gasteiger charge is 2.17. The van der Waals surface area contributed by atoms with E-state index in [0.29, 0.717) is 11.6 Å². The number of amides is 1. The topological polar surface area (TPSA) is 32.3 Å². The standard InChI is InChI=1S/C18H21ClN2O/c1-14(2)21(13-15-8-4-3-5-9-15)18(22)12-20-17-11-7-6-10-16(17)19/h3-11,14,20H,12-13H2,1-2H3. The van der Waals surface area contributed by atoms with E-state index < -0.39 is 0 Å². The largest absolute Gasteiger partial charge is 0.375 e. The number of benzene rings is 2. The van der Waals surface area contributed by atoms with E-state index in [4.69, 9.17) is 11.6 Å². The van der Waals surface area contributed by atoms with Crippen LogP contribution < -0.4 is 5.32 Å². The van der Waals surface area contributed by atoms with Crippen molar-refractivity contribution in [2.24, 2.45) is 0 Å². The molecule has 1 amide bonds. The van der Waals surface area contributed by atoms with Gasteiger partial charge in [0.15, 0.2) is 0 Å². The Balaban J connectivity index is 2.00. The second-order valence-electron chi connectivity index (χ2n) is 5.43. The molecule has 2 rings (SSSR count). The number of anilines is 1. The number of halogens is 1. The Morgan fingerprint density at radius 2 is 1.73 bits per heavy atom. The Morgan fingerprint density at radius 1 is 1.09 bits per heavy atom. The maximum Gasteiger partial charge on any atom is 0.242 e. The summed E-state index contributed by atoms with van der Waals surface area (Å²) in [5.41, 5.74) is 1.91. The number of nitrogens with one attached hydrogen (secondary N) is 1. The van der Waals surface area contributed by atoms with Crippen molar-refractivity contribution < 1.29 is 4.79 Å². The molecule has 22 heavy (non-hydrogen) atoms. The minimum Gasteiger partial charge on any atom is -0.375 e. The molecular formula is C18H21ClN2O. The number of hydrogen-bond acceptors (Lipinski definition) is 2. The fourth-order valence-electron chi connectivity index (χ4n) is 2.22. The molecule has 3 nitrogen and oxygen atoms in total. The Bertz CT molecular complexity index is 613. The van der Waals surface area contributed by atoms with E-state index >= 15 is 0 Å². The summed E-state index contributed by atoms with van der Waals surface area (Å²) in [6, 6.07) is 17.6. The normalized spacial score (nSPS) is 10.5. The van der Waals surface area contributed by atoms with Crippen molar-refractivity contribution in [3.8, 4) is 0 Å². The number of rotatable bonds is 6. The van der Waals surface area contributed by atoms with Crippen molar-refractivity contribution in [2.75, 3.05) is 11.9 Å². The number of carbonyl (C=O) groups is 1. The van der Waals surface area contributed by atoms with Gasteiger partial charge in [0.2, 0.25) is 5.91 Å². The summed E-state index contributed by atoms with van der Waals surface area (Å²) in [5.74, 6) is 0.0544. The van der Waals surface area contributed by atoms with E-state index in [1.54, 1.807) is 6.07 Å². The smallest absolute Gasteiger partial charge is 0.242 e. The molecule has 0 radical (unpaired) electrons. The van der Waals surface area contributed by atoms with Gasteiger partial charge in [-0.1, -0.05) is 54.1 Å².